The monoisotopic (exact) mass is 589 g/mol. The Balaban J connectivity index is 1.54. The summed E-state index contributed by atoms with van der Waals surface area (Å²) in [7, 11) is 0. The van der Waals surface area contributed by atoms with Crippen molar-refractivity contribution in [2.24, 2.45) is 5.92 Å². The number of nitrogens with zero attached hydrogens (tertiary/aromatic N) is 2. The minimum atomic E-state index is -1.48. The van der Waals surface area contributed by atoms with Gasteiger partial charge in [-0.1, -0.05) is 66.2 Å². The highest BCUT2D eigenvalue weighted by Gasteiger charge is 2.70. The van der Waals surface area contributed by atoms with Crippen LogP contribution in [0.25, 0.3) is 5.57 Å². The lowest BCUT2D eigenvalue weighted by Crippen LogP contribution is -2.51. The maximum Gasteiger partial charge on any atom is 0.269 e. The fourth-order valence-corrected chi connectivity index (χ4v) is 7.36. The molecular formula is C34H24ClN3O5. The second-order valence-corrected chi connectivity index (χ2v) is 11.4. The third-order valence-corrected chi connectivity index (χ3v) is 9.27. The van der Waals surface area contributed by atoms with Crippen molar-refractivity contribution in [2.75, 3.05) is 10.2 Å². The summed E-state index contributed by atoms with van der Waals surface area (Å²) in [6.45, 7) is 1.96. The third kappa shape index (κ3) is 3.73. The number of non-ortho nitro benzene ring substituents is 1. The number of allylic oxidation sites excluding steroid dienone is 1. The van der Waals surface area contributed by atoms with Crippen LogP contribution in [0.4, 0.5) is 17.1 Å². The molecule has 3 aliphatic rings. The van der Waals surface area contributed by atoms with Gasteiger partial charge < -0.3 is 10.2 Å². The van der Waals surface area contributed by atoms with Gasteiger partial charge in [0.05, 0.1) is 21.9 Å². The lowest BCUT2D eigenvalue weighted by Gasteiger charge is -2.39. The van der Waals surface area contributed by atoms with E-state index in [-0.39, 0.29) is 27.7 Å². The van der Waals surface area contributed by atoms with Crippen LogP contribution in [-0.4, -0.2) is 34.5 Å². The zero-order valence-corrected chi connectivity index (χ0v) is 23.6. The number of fused-ring (bicyclic) bond motifs is 6. The first-order chi connectivity index (χ1) is 20.7. The summed E-state index contributed by atoms with van der Waals surface area (Å²) in [5.74, 6) is -2.44. The second-order valence-electron chi connectivity index (χ2n) is 11.0. The molecule has 4 atom stereocenters. The Hall–Kier alpha value is -5.08. The summed E-state index contributed by atoms with van der Waals surface area (Å²) >= 11 is 6.58. The van der Waals surface area contributed by atoms with E-state index in [0.717, 1.165) is 16.8 Å². The van der Waals surface area contributed by atoms with Crippen molar-refractivity contribution in [3.63, 3.8) is 0 Å². The van der Waals surface area contributed by atoms with Gasteiger partial charge in [-0.2, -0.15) is 0 Å². The van der Waals surface area contributed by atoms with Crippen LogP contribution in [0, 0.1) is 16.0 Å². The molecule has 1 N–H and O–H groups in total. The summed E-state index contributed by atoms with van der Waals surface area (Å²) in [4.78, 5) is 56.7. The van der Waals surface area contributed by atoms with Gasteiger partial charge in [-0.3, -0.25) is 24.5 Å². The molecule has 0 unspecified atom stereocenters. The Bertz CT molecular complexity index is 1900. The molecule has 1 fully saturated rings. The van der Waals surface area contributed by atoms with Crippen molar-refractivity contribution >= 4 is 51.7 Å². The van der Waals surface area contributed by atoms with Crippen LogP contribution in [0.2, 0.25) is 5.02 Å². The van der Waals surface area contributed by atoms with Crippen LogP contribution >= 0.6 is 11.6 Å². The number of carbonyl (C=O) groups is 3. The van der Waals surface area contributed by atoms with Crippen molar-refractivity contribution in [1.29, 1.82) is 0 Å². The normalized spacial score (nSPS) is 23.2. The van der Waals surface area contributed by atoms with Gasteiger partial charge in [0.15, 0.2) is 11.6 Å². The molecule has 9 heteroatoms. The van der Waals surface area contributed by atoms with E-state index in [1.54, 1.807) is 30.3 Å². The number of anilines is 2. The molecule has 0 aromatic heterocycles. The number of Topliss-reactive ketones (excluding diaryl/α,β-unsaturated/α-hetero) is 2. The molecule has 0 aliphatic carbocycles. The number of nitro groups is 1. The van der Waals surface area contributed by atoms with Crippen LogP contribution in [0.15, 0.2) is 103 Å². The second kappa shape index (κ2) is 9.74. The topological polar surface area (TPSA) is 110 Å². The third-order valence-electron chi connectivity index (χ3n) is 8.94. The summed E-state index contributed by atoms with van der Waals surface area (Å²) in [5, 5.41) is 14.6. The van der Waals surface area contributed by atoms with E-state index in [0.29, 0.717) is 11.3 Å². The molecule has 4 aromatic rings. The van der Waals surface area contributed by atoms with Gasteiger partial charge in [0.2, 0.25) is 5.91 Å². The van der Waals surface area contributed by atoms with Crippen LogP contribution in [0.3, 0.4) is 0 Å². The van der Waals surface area contributed by atoms with E-state index in [1.165, 1.54) is 24.3 Å². The Kier molecular flexibility index (Phi) is 6.07. The van der Waals surface area contributed by atoms with Crippen LogP contribution in [0.5, 0.6) is 0 Å². The number of amides is 1. The number of hydrogen-bond donors (Lipinski definition) is 1. The number of carbonyl (C=O) groups excluding carboxylic acids is 3. The van der Waals surface area contributed by atoms with Gasteiger partial charge >= 0.3 is 0 Å². The number of rotatable bonds is 5. The van der Waals surface area contributed by atoms with Crippen LogP contribution < -0.4 is 10.2 Å². The number of ketones is 2. The molecule has 4 aromatic carbocycles. The van der Waals surface area contributed by atoms with Gasteiger partial charge in [0, 0.05) is 40.2 Å². The van der Waals surface area contributed by atoms with E-state index in [2.05, 4.69) is 5.32 Å². The number of nitrogens with one attached hydrogen (secondary N) is 1. The molecule has 8 nitrogen and oxygen atoms in total. The van der Waals surface area contributed by atoms with E-state index in [4.69, 9.17) is 11.6 Å². The largest absolute Gasteiger partial charge is 0.352 e. The Morgan fingerprint density at radius 2 is 1.58 bits per heavy atom. The maximum atomic E-state index is 14.9. The molecule has 0 bridgehead atoms. The summed E-state index contributed by atoms with van der Waals surface area (Å²) in [5.41, 5.74) is 2.49. The fraction of sp³-hybridized carbons (Fsp3) is 0.147. The number of para-hydroxylation sites is 2. The van der Waals surface area contributed by atoms with Crippen LogP contribution in [-0.2, 0) is 10.2 Å². The van der Waals surface area contributed by atoms with Gasteiger partial charge in [0.25, 0.3) is 5.69 Å². The number of hydrogen-bond acceptors (Lipinski definition) is 6. The Labute approximate surface area is 251 Å². The number of nitro benzene ring substituents is 1. The molecule has 7 rings (SSSR count). The zero-order chi connectivity index (χ0) is 30.0. The van der Waals surface area contributed by atoms with Gasteiger partial charge in [-0.05, 0) is 54.5 Å². The fourth-order valence-electron chi connectivity index (χ4n) is 7.13. The molecule has 3 heterocycles. The number of benzene rings is 4. The highest BCUT2D eigenvalue weighted by atomic mass is 35.5. The highest BCUT2D eigenvalue weighted by Crippen LogP contribution is 2.59. The van der Waals surface area contributed by atoms with Gasteiger partial charge in [-0.25, -0.2) is 0 Å². The molecule has 3 aliphatic heterocycles. The van der Waals surface area contributed by atoms with Crippen molar-refractivity contribution in [2.45, 2.75) is 24.4 Å². The molecule has 1 amide bonds. The lowest BCUT2D eigenvalue weighted by molar-refractivity contribution is -0.384. The standard InChI is InChI=1S/C34H24ClN3O5/c1-19-18-28-34(24-10-4-6-12-26(24)36-33(34)41)29(32(40)23-9-2-5-11-25(23)35)30(37(28)27-13-7-3-8-22(19)27)31(39)20-14-16-21(17-15-20)38(42)43/h2-18,28-30H,1H3,(H,36,41)/t28-,29-,30-,34-/m0/s1. The zero-order valence-electron chi connectivity index (χ0n) is 22.9. The minimum Gasteiger partial charge on any atom is -0.352 e. The Morgan fingerprint density at radius 1 is 0.907 bits per heavy atom. The molecule has 212 valence electrons. The molecule has 0 radical (unpaired) electrons. The van der Waals surface area contributed by atoms with Crippen molar-refractivity contribution in [3.05, 3.63) is 141 Å². The highest BCUT2D eigenvalue weighted by molar-refractivity contribution is 6.34. The molecular weight excluding hydrogens is 566 g/mol. The van der Waals surface area contributed by atoms with E-state index >= 15 is 0 Å². The van der Waals surface area contributed by atoms with Crippen molar-refractivity contribution in [3.8, 4) is 0 Å². The number of halogens is 1. The molecule has 1 spiro atoms. The van der Waals surface area contributed by atoms with Crippen LogP contribution in [0.1, 0.15) is 38.8 Å². The van der Waals surface area contributed by atoms with Gasteiger partial charge in [-0.15, -0.1) is 0 Å². The van der Waals surface area contributed by atoms with E-state index in [9.17, 15) is 24.5 Å². The quantitative estimate of drug-likeness (QED) is 0.162. The van der Waals surface area contributed by atoms with Gasteiger partial charge in [0.1, 0.15) is 11.5 Å². The lowest BCUT2D eigenvalue weighted by atomic mass is 9.64. The SMILES string of the molecule is CC1=C[C@@H]2N(c3ccccc31)[C@H](C(=O)c1ccc([N+](=O)[O-])cc1)[C@@H](C(=O)c1ccccc1Cl)[C@@]21C(=O)Nc2ccccc21. The summed E-state index contributed by atoms with van der Waals surface area (Å²) in [6.07, 6.45) is 1.97. The first kappa shape index (κ1) is 26.8. The molecule has 43 heavy (non-hydrogen) atoms. The first-order valence-corrected chi connectivity index (χ1v) is 14.2. The summed E-state index contributed by atoms with van der Waals surface area (Å²) in [6, 6.07) is 25.0. The average molecular weight is 590 g/mol. The first-order valence-electron chi connectivity index (χ1n) is 13.8. The smallest absolute Gasteiger partial charge is 0.269 e. The average Bonchev–Trinajstić information content (AvgIpc) is 3.49. The predicted octanol–water partition coefficient (Wildman–Crippen LogP) is 6.49. The van der Waals surface area contributed by atoms with E-state index in [1.807, 2.05) is 60.4 Å². The van der Waals surface area contributed by atoms with Crippen molar-refractivity contribution in [1.82, 2.24) is 0 Å². The predicted molar refractivity (Wildman–Crippen MR) is 164 cm³/mol. The van der Waals surface area contributed by atoms with E-state index < -0.39 is 39.9 Å². The minimum absolute atomic E-state index is 0.160. The molecule has 0 saturated carbocycles. The Morgan fingerprint density at radius 3 is 2.33 bits per heavy atom. The van der Waals surface area contributed by atoms with Crippen molar-refractivity contribution < 1.29 is 19.3 Å². The maximum absolute atomic E-state index is 14.9. The molecule has 1 saturated heterocycles. The summed E-state index contributed by atoms with van der Waals surface area (Å²) < 4.78 is 0.